The molecule has 0 atom stereocenters. The van der Waals surface area contributed by atoms with Crippen molar-refractivity contribution in [3.63, 3.8) is 0 Å². The summed E-state index contributed by atoms with van der Waals surface area (Å²) in [5.74, 6) is 0.538. The minimum atomic E-state index is -0.254. The van der Waals surface area contributed by atoms with E-state index >= 15 is 0 Å². The summed E-state index contributed by atoms with van der Waals surface area (Å²) >= 11 is 0. The highest BCUT2D eigenvalue weighted by Gasteiger charge is 2.25. The van der Waals surface area contributed by atoms with Crippen LogP contribution in [0.2, 0.25) is 0 Å². The van der Waals surface area contributed by atoms with Crippen molar-refractivity contribution >= 4 is 5.91 Å². The number of carbonyl (C=O) groups excluding carboxylic acids is 1. The molecule has 5 nitrogen and oxygen atoms in total. The standard InChI is InChI=1S/C15H23N3O2/c19-12-6-8-18(9-7-12)15(20)14-10-13(16-17-14)11-4-2-1-3-5-11/h10-12,19H,1-9H2,(H,16,17). The zero-order chi connectivity index (χ0) is 13.9. The first-order valence-corrected chi connectivity index (χ1v) is 7.76. The van der Waals surface area contributed by atoms with Crippen molar-refractivity contribution in [1.82, 2.24) is 15.1 Å². The van der Waals surface area contributed by atoms with Gasteiger partial charge in [-0.3, -0.25) is 9.89 Å². The predicted octanol–water partition coefficient (Wildman–Crippen LogP) is 2.05. The Kier molecular flexibility index (Phi) is 4.05. The summed E-state index contributed by atoms with van der Waals surface area (Å²) in [4.78, 5) is 14.2. The fraction of sp³-hybridized carbons (Fsp3) is 0.733. The Morgan fingerprint density at radius 2 is 1.90 bits per heavy atom. The van der Waals surface area contributed by atoms with E-state index < -0.39 is 0 Å². The van der Waals surface area contributed by atoms with Crippen LogP contribution in [0.5, 0.6) is 0 Å². The molecule has 110 valence electrons. The highest BCUT2D eigenvalue weighted by molar-refractivity contribution is 5.92. The molecular weight excluding hydrogens is 254 g/mol. The minimum Gasteiger partial charge on any atom is -0.393 e. The summed E-state index contributed by atoms with van der Waals surface area (Å²) in [6.45, 7) is 1.26. The molecule has 0 radical (unpaired) electrons. The predicted molar refractivity (Wildman–Crippen MR) is 75.6 cm³/mol. The van der Waals surface area contributed by atoms with Crippen molar-refractivity contribution in [2.45, 2.75) is 57.0 Å². The van der Waals surface area contributed by atoms with Crippen LogP contribution in [0.4, 0.5) is 0 Å². The molecular formula is C15H23N3O2. The summed E-state index contributed by atoms with van der Waals surface area (Å²) in [5.41, 5.74) is 1.65. The van der Waals surface area contributed by atoms with Gasteiger partial charge in [-0.05, 0) is 31.7 Å². The van der Waals surface area contributed by atoms with Gasteiger partial charge in [-0.15, -0.1) is 0 Å². The summed E-state index contributed by atoms with van der Waals surface area (Å²) in [5, 5.41) is 16.8. The van der Waals surface area contributed by atoms with Crippen molar-refractivity contribution < 1.29 is 9.90 Å². The van der Waals surface area contributed by atoms with Crippen LogP contribution in [0.25, 0.3) is 0 Å². The number of rotatable bonds is 2. The molecule has 1 aliphatic heterocycles. The lowest BCUT2D eigenvalue weighted by Gasteiger charge is -2.28. The Bertz CT molecular complexity index is 457. The molecule has 1 saturated heterocycles. The van der Waals surface area contributed by atoms with E-state index in [1.54, 1.807) is 4.90 Å². The lowest BCUT2D eigenvalue weighted by Crippen LogP contribution is -2.40. The van der Waals surface area contributed by atoms with Gasteiger partial charge in [-0.1, -0.05) is 19.3 Å². The number of aliphatic hydroxyl groups excluding tert-OH is 1. The number of nitrogens with one attached hydrogen (secondary N) is 1. The number of nitrogens with zero attached hydrogens (tertiary/aromatic N) is 2. The number of hydrogen-bond acceptors (Lipinski definition) is 3. The maximum atomic E-state index is 12.4. The molecule has 1 saturated carbocycles. The van der Waals surface area contributed by atoms with E-state index in [2.05, 4.69) is 10.2 Å². The Morgan fingerprint density at radius 3 is 2.60 bits per heavy atom. The summed E-state index contributed by atoms with van der Waals surface area (Å²) in [6.07, 6.45) is 7.37. The third kappa shape index (κ3) is 2.87. The fourth-order valence-electron chi connectivity index (χ4n) is 3.30. The van der Waals surface area contributed by atoms with Gasteiger partial charge < -0.3 is 10.0 Å². The van der Waals surface area contributed by atoms with E-state index in [0.717, 1.165) is 5.69 Å². The number of H-pyrrole nitrogens is 1. The Hall–Kier alpha value is -1.36. The van der Waals surface area contributed by atoms with Crippen LogP contribution in [-0.4, -0.2) is 45.3 Å². The highest BCUT2D eigenvalue weighted by Crippen LogP contribution is 2.31. The van der Waals surface area contributed by atoms with E-state index in [1.165, 1.54) is 32.1 Å². The minimum absolute atomic E-state index is 0.00444. The van der Waals surface area contributed by atoms with Crippen molar-refractivity contribution in [3.8, 4) is 0 Å². The summed E-state index contributed by atoms with van der Waals surface area (Å²) in [6, 6.07) is 1.93. The molecule has 0 aromatic carbocycles. The molecule has 1 amide bonds. The topological polar surface area (TPSA) is 69.2 Å². The molecule has 0 spiro atoms. The van der Waals surface area contributed by atoms with Gasteiger partial charge in [-0.2, -0.15) is 5.10 Å². The van der Waals surface area contributed by atoms with Crippen molar-refractivity contribution in [2.24, 2.45) is 0 Å². The van der Waals surface area contributed by atoms with Gasteiger partial charge in [0.2, 0.25) is 0 Å². The number of aliphatic hydroxyl groups is 1. The first-order chi connectivity index (χ1) is 9.74. The Balaban J connectivity index is 1.65. The van der Waals surface area contributed by atoms with Crippen molar-refractivity contribution in [3.05, 3.63) is 17.5 Å². The number of likely N-dealkylation sites (tertiary alicyclic amines) is 1. The lowest BCUT2D eigenvalue weighted by atomic mass is 9.87. The molecule has 1 aromatic rings. The average Bonchev–Trinajstić information content (AvgIpc) is 2.98. The van der Waals surface area contributed by atoms with Crippen LogP contribution in [0.1, 0.15) is 67.0 Å². The largest absolute Gasteiger partial charge is 0.393 e. The van der Waals surface area contributed by atoms with E-state index in [4.69, 9.17) is 0 Å². The molecule has 3 rings (SSSR count). The maximum Gasteiger partial charge on any atom is 0.274 e. The van der Waals surface area contributed by atoms with E-state index in [1.807, 2.05) is 6.07 Å². The molecule has 2 fully saturated rings. The number of amides is 1. The number of carbonyl (C=O) groups is 1. The quantitative estimate of drug-likeness (QED) is 0.869. The Labute approximate surface area is 119 Å². The number of piperidine rings is 1. The first kappa shape index (κ1) is 13.6. The smallest absolute Gasteiger partial charge is 0.274 e. The zero-order valence-corrected chi connectivity index (χ0v) is 11.8. The summed E-state index contributed by atoms with van der Waals surface area (Å²) < 4.78 is 0. The molecule has 1 aromatic heterocycles. The van der Waals surface area contributed by atoms with E-state index in [9.17, 15) is 9.90 Å². The van der Waals surface area contributed by atoms with Gasteiger partial charge >= 0.3 is 0 Å². The third-order valence-electron chi connectivity index (χ3n) is 4.61. The van der Waals surface area contributed by atoms with Gasteiger partial charge in [0.15, 0.2) is 0 Å². The van der Waals surface area contributed by atoms with Gasteiger partial charge in [0.25, 0.3) is 5.91 Å². The average molecular weight is 277 g/mol. The van der Waals surface area contributed by atoms with Gasteiger partial charge in [0.05, 0.1) is 6.10 Å². The molecule has 0 bridgehead atoms. The highest BCUT2D eigenvalue weighted by atomic mass is 16.3. The second-order valence-electron chi connectivity index (χ2n) is 6.07. The van der Waals surface area contributed by atoms with Gasteiger partial charge in [-0.25, -0.2) is 0 Å². The van der Waals surface area contributed by atoms with Crippen LogP contribution in [0.3, 0.4) is 0 Å². The Morgan fingerprint density at radius 1 is 1.20 bits per heavy atom. The molecule has 0 unspecified atom stereocenters. The second kappa shape index (κ2) is 5.95. The second-order valence-corrected chi connectivity index (χ2v) is 6.07. The molecule has 2 heterocycles. The monoisotopic (exact) mass is 277 g/mol. The van der Waals surface area contributed by atoms with E-state index in [0.29, 0.717) is 37.5 Å². The first-order valence-electron chi connectivity index (χ1n) is 7.76. The van der Waals surface area contributed by atoms with Crippen LogP contribution in [0.15, 0.2) is 6.07 Å². The van der Waals surface area contributed by atoms with Crippen molar-refractivity contribution in [1.29, 1.82) is 0 Å². The van der Waals surface area contributed by atoms with Crippen LogP contribution < -0.4 is 0 Å². The maximum absolute atomic E-state index is 12.4. The number of aromatic nitrogens is 2. The third-order valence-corrected chi connectivity index (χ3v) is 4.61. The molecule has 2 aliphatic rings. The molecule has 5 heteroatoms. The lowest BCUT2D eigenvalue weighted by molar-refractivity contribution is 0.0541. The fourth-order valence-corrected chi connectivity index (χ4v) is 3.30. The van der Waals surface area contributed by atoms with Crippen molar-refractivity contribution in [2.75, 3.05) is 13.1 Å². The van der Waals surface area contributed by atoms with Gasteiger partial charge in [0, 0.05) is 24.7 Å². The van der Waals surface area contributed by atoms with Crippen LogP contribution in [-0.2, 0) is 0 Å². The molecule has 2 N–H and O–H groups in total. The summed E-state index contributed by atoms with van der Waals surface area (Å²) in [7, 11) is 0. The van der Waals surface area contributed by atoms with Crippen LogP contribution >= 0.6 is 0 Å². The van der Waals surface area contributed by atoms with E-state index in [-0.39, 0.29) is 12.0 Å². The molecule has 20 heavy (non-hydrogen) atoms. The molecule has 1 aliphatic carbocycles. The SMILES string of the molecule is O=C(c1cc(C2CCCCC2)[nH]n1)N1CCC(O)CC1. The normalized spacial score (nSPS) is 22.1. The van der Waals surface area contributed by atoms with Crippen LogP contribution in [0, 0.1) is 0 Å². The number of hydrogen-bond donors (Lipinski definition) is 2. The number of aromatic amines is 1. The zero-order valence-electron chi connectivity index (χ0n) is 11.8. The van der Waals surface area contributed by atoms with Gasteiger partial charge in [0.1, 0.15) is 5.69 Å².